The van der Waals surface area contributed by atoms with Gasteiger partial charge in [-0.3, -0.25) is 0 Å². The summed E-state index contributed by atoms with van der Waals surface area (Å²) in [5, 5.41) is 4.56. The van der Waals surface area contributed by atoms with Crippen LogP contribution in [0.2, 0.25) is 9.49 Å². The van der Waals surface area contributed by atoms with Crippen LogP contribution in [0.3, 0.4) is 0 Å². The summed E-state index contributed by atoms with van der Waals surface area (Å²) in [6, 6.07) is 7.34. The maximum absolute atomic E-state index is 5.88. The third kappa shape index (κ3) is 1.69. The van der Waals surface area contributed by atoms with Gasteiger partial charge < -0.3 is 0 Å². The largest absolute Gasteiger partial charge is 0.226 e. The molecule has 6 heteroatoms. The van der Waals surface area contributed by atoms with Crippen LogP contribution < -0.4 is 0 Å². The van der Waals surface area contributed by atoms with Crippen molar-refractivity contribution < 1.29 is 0 Å². The molecule has 3 rings (SSSR count). The van der Waals surface area contributed by atoms with Crippen LogP contribution in [0, 0.1) is 0 Å². The molecule has 0 spiro atoms. The summed E-state index contributed by atoms with van der Waals surface area (Å²) in [5.74, 6) is 0. The predicted octanol–water partition coefficient (Wildman–Crippen LogP) is 3.76. The van der Waals surface area contributed by atoms with E-state index in [1.165, 1.54) is 11.3 Å². The molecule has 0 radical (unpaired) electrons. The zero-order valence-electron chi connectivity index (χ0n) is 7.89. The van der Waals surface area contributed by atoms with E-state index in [-0.39, 0.29) is 0 Å². The lowest BCUT2D eigenvalue weighted by Gasteiger charge is -1.89. The first kappa shape index (κ1) is 10.1. The molecule has 16 heavy (non-hydrogen) atoms. The monoisotopic (exact) mass is 269 g/mol. The van der Waals surface area contributed by atoms with Crippen LogP contribution in [0.25, 0.3) is 16.2 Å². The van der Waals surface area contributed by atoms with Crippen molar-refractivity contribution in [3.05, 3.63) is 40.0 Å². The Labute approximate surface area is 105 Å². The maximum Gasteiger partial charge on any atom is 0.154 e. The third-order valence-electron chi connectivity index (χ3n) is 2.11. The zero-order chi connectivity index (χ0) is 11.1. The van der Waals surface area contributed by atoms with Crippen molar-refractivity contribution in [2.45, 2.75) is 0 Å². The molecule has 0 fully saturated rings. The normalized spacial score (nSPS) is 11.1. The van der Waals surface area contributed by atoms with Crippen LogP contribution in [-0.4, -0.2) is 14.6 Å². The van der Waals surface area contributed by atoms with Gasteiger partial charge in [-0.2, -0.15) is 5.10 Å². The van der Waals surface area contributed by atoms with Gasteiger partial charge in [-0.25, -0.2) is 9.50 Å². The van der Waals surface area contributed by atoms with Gasteiger partial charge in [-0.1, -0.05) is 23.2 Å². The van der Waals surface area contributed by atoms with E-state index in [4.69, 9.17) is 23.2 Å². The van der Waals surface area contributed by atoms with Crippen molar-refractivity contribution in [3.63, 3.8) is 0 Å². The fraction of sp³-hybridized carbons (Fsp3) is 0. The molecule has 0 aliphatic carbocycles. The van der Waals surface area contributed by atoms with E-state index >= 15 is 0 Å². The van der Waals surface area contributed by atoms with Gasteiger partial charge in [0.15, 0.2) is 5.65 Å². The Morgan fingerprint density at radius 1 is 1.12 bits per heavy atom. The first-order valence-corrected chi connectivity index (χ1v) is 6.07. The fourth-order valence-corrected chi connectivity index (χ4v) is 2.57. The topological polar surface area (TPSA) is 30.2 Å². The molecule has 0 aliphatic heterocycles. The molecule has 0 saturated heterocycles. The summed E-state index contributed by atoms with van der Waals surface area (Å²) in [6.45, 7) is 0. The second-order valence-electron chi connectivity index (χ2n) is 3.19. The van der Waals surface area contributed by atoms with E-state index < -0.39 is 0 Å². The molecular formula is C10H5Cl2N3S. The van der Waals surface area contributed by atoms with E-state index in [1.807, 2.05) is 24.4 Å². The first-order valence-electron chi connectivity index (χ1n) is 4.50. The molecule has 0 bridgehead atoms. The van der Waals surface area contributed by atoms with Crippen molar-refractivity contribution >= 4 is 40.2 Å². The second-order valence-corrected chi connectivity index (χ2v) is 5.29. The Hall–Kier alpha value is -1.10. The molecule has 3 aromatic heterocycles. The van der Waals surface area contributed by atoms with Gasteiger partial charge >= 0.3 is 0 Å². The van der Waals surface area contributed by atoms with Crippen LogP contribution >= 0.6 is 34.5 Å². The lowest BCUT2D eigenvalue weighted by Crippen LogP contribution is -1.88. The zero-order valence-corrected chi connectivity index (χ0v) is 10.2. The van der Waals surface area contributed by atoms with Crippen molar-refractivity contribution in [2.24, 2.45) is 0 Å². The Morgan fingerprint density at radius 3 is 2.75 bits per heavy atom. The molecule has 0 saturated carbocycles. The number of halogens is 2. The lowest BCUT2D eigenvalue weighted by atomic mass is 10.4. The minimum absolute atomic E-state index is 0.445. The van der Waals surface area contributed by atoms with Gasteiger partial charge in [0.2, 0.25) is 0 Å². The standard InChI is InChI=1S/C10H5Cl2N3S/c11-8-2-4-10-13-6(5-15(10)14-8)7-1-3-9(12)16-7/h1-5H. The van der Waals surface area contributed by atoms with E-state index in [0.717, 1.165) is 20.6 Å². The van der Waals surface area contributed by atoms with Gasteiger partial charge in [-0.05, 0) is 24.3 Å². The summed E-state index contributed by atoms with van der Waals surface area (Å²) in [7, 11) is 0. The molecule has 0 aliphatic rings. The Balaban J connectivity index is 2.18. The van der Waals surface area contributed by atoms with Gasteiger partial charge in [0.1, 0.15) is 10.8 Å². The molecule has 0 atom stereocenters. The van der Waals surface area contributed by atoms with E-state index in [1.54, 1.807) is 10.6 Å². The SMILES string of the molecule is Clc1ccc2nc(-c3ccc(Cl)s3)cn2n1. The van der Waals surface area contributed by atoms with E-state index in [2.05, 4.69) is 10.1 Å². The minimum atomic E-state index is 0.445. The highest BCUT2D eigenvalue weighted by molar-refractivity contribution is 7.19. The van der Waals surface area contributed by atoms with Gasteiger partial charge in [-0.15, -0.1) is 11.3 Å². The highest BCUT2D eigenvalue weighted by Crippen LogP contribution is 2.30. The number of hydrogen-bond donors (Lipinski definition) is 0. The first-order chi connectivity index (χ1) is 7.72. The summed E-state index contributed by atoms with van der Waals surface area (Å²) < 4.78 is 2.41. The molecule has 3 nitrogen and oxygen atoms in total. The Kier molecular flexibility index (Phi) is 2.35. The van der Waals surface area contributed by atoms with E-state index in [9.17, 15) is 0 Å². The second kappa shape index (κ2) is 3.73. The minimum Gasteiger partial charge on any atom is -0.226 e. The summed E-state index contributed by atoms with van der Waals surface area (Å²) in [4.78, 5) is 5.45. The summed E-state index contributed by atoms with van der Waals surface area (Å²) in [6.07, 6.45) is 1.84. The van der Waals surface area contributed by atoms with Crippen LogP contribution in [-0.2, 0) is 0 Å². The Bertz CT molecular complexity index is 659. The molecular weight excluding hydrogens is 265 g/mol. The number of rotatable bonds is 1. The van der Waals surface area contributed by atoms with Gasteiger partial charge in [0, 0.05) is 0 Å². The molecule has 0 amide bonds. The van der Waals surface area contributed by atoms with Crippen LogP contribution in [0.1, 0.15) is 0 Å². The molecule has 0 unspecified atom stereocenters. The molecule has 3 aromatic rings. The van der Waals surface area contributed by atoms with Crippen molar-refractivity contribution in [1.29, 1.82) is 0 Å². The number of thiophene rings is 1. The van der Waals surface area contributed by atoms with Crippen LogP contribution in [0.4, 0.5) is 0 Å². The van der Waals surface area contributed by atoms with Crippen molar-refractivity contribution in [3.8, 4) is 10.6 Å². The predicted molar refractivity (Wildman–Crippen MR) is 66.3 cm³/mol. The third-order valence-corrected chi connectivity index (χ3v) is 3.57. The highest BCUT2D eigenvalue weighted by Gasteiger charge is 2.07. The van der Waals surface area contributed by atoms with Crippen molar-refractivity contribution in [1.82, 2.24) is 14.6 Å². The average Bonchev–Trinajstić information content (AvgIpc) is 2.83. The number of hydrogen-bond acceptors (Lipinski definition) is 3. The molecule has 3 heterocycles. The molecule has 0 N–H and O–H groups in total. The molecule has 0 aromatic carbocycles. The van der Waals surface area contributed by atoms with Crippen LogP contribution in [0.15, 0.2) is 30.5 Å². The van der Waals surface area contributed by atoms with Gasteiger partial charge in [0.25, 0.3) is 0 Å². The molecule has 80 valence electrons. The summed E-state index contributed by atoms with van der Waals surface area (Å²) in [5.41, 5.74) is 1.62. The quantitative estimate of drug-likeness (QED) is 0.673. The number of nitrogens with zero attached hydrogens (tertiary/aromatic N) is 3. The fourth-order valence-electron chi connectivity index (χ4n) is 1.43. The smallest absolute Gasteiger partial charge is 0.154 e. The number of fused-ring (bicyclic) bond motifs is 1. The Morgan fingerprint density at radius 2 is 2.00 bits per heavy atom. The summed E-state index contributed by atoms with van der Waals surface area (Å²) >= 11 is 13.2. The van der Waals surface area contributed by atoms with Gasteiger partial charge in [0.05, 0.1) is 15.4 Å². The number of aromatic nitrogens is 3. The lowest BCUT2D eigenvalue weighted by molar-refractivity contribution is 0.937. The number of imidazole rings is 1. The highest BCUT2D eigenvalue weighted by atomic mass is 35.5. The maximum atomic E-state index is 5.88. The average molecular weight is 270 g/mol. The van der Waals surface area contributed by atoms with Crippen LogP contribution in [0.5, 0.6) is 0 Å². The van der Waals surface area contributed by atoms with E-state index in [0.29, 0.717) is 5.15 Å². The van der Waals surface area contributed by atoms with Crippen molar-refractivity contribution in [2.75, 3.05) is 0 Å².